The molecule has 0 bridgehead atoms. The van der Waals surface area contributed by atoms with Crippen molar-refractivity contribution in [2.75, 3.05) is 24.6 Å². The third-order valence-corrected chi connectivity index (χ3v) is 2.55. The van der Waals surface area contributed by atoms with Gasteiger partial charge in [0.25, 0.3) is 6.43 Å². The molecule has 19 heavy (non-hydrogen) atoms. The van der Waals surface area contributed by atoms with Gasteiger partial charge in [-0.3, -0.25) is 0 Å². The number of nitrogens with zero attached hydrogens (tertiary/aromatic N) is 3. The number of ether oxygens (including phenoxy) is 1. The highest BCUT2D eigenvalue weighted by molar-refractivity contribution is 5.90. The van der Waals surface area contributed by atoms with Crippen LogP contribution < -0.4 is 4.90 Å². The number of halogens is 2. The molecule has 5 nitrogen and oxygen atoms in total. The molecule has 0 aliphatic carbocycles. The van der Waals surface area contributed by atoms with Crippen LogP contribution in [-0.4, -0.2) is 35.6 Å². The summed E-state index contributed by atoms with van der Waals surface area (Å²) in [4.78, 5) is 21.0. The molecule has 0 fully saturated rings. The standard InChI is InChI=1S/C12H17F2N3O2/c1-4-17(5-2)12-15-7-8(11(18)19-6-3)9(16-12)10(13)14/h7,10H,4-6H2,1-3H3. The van der Waals surface area contributed by atoms with Gasteiger partial charge in [0, 0.05) is 19.3 Å². The lowest BCUT2D eigenvalue weighted by molar-refractivity contribution is 0.0513. The average Bonchev–Trinajstić information content (AvgIpc) is 2.40. The molecular formula is C12H17F2N3O2. The van der Waals surface area contributed by atoms with Gasteiger partial charge < -0.3 is 9.64 Å². The van der Waals surface area contributed by atoms with Gasteiger partial charge in [-0.1, -0.05) is 0 Å². The fourth-order valence-corrected chi connectivity index (χ4v) is 1.58. The van der Waals surface area contributed by atoms with Crippen LogP contribution in [0.2, 0.25) is 0 Å². The van der Waals surface area contributed by atoms with Gasteiger partial charge >= 0.3 is 5.97 Å². The van der Waals surface area contributed by atoms with Crippen molar-refractivity contribution in [2.45, 2.75) is 27.2 Å². The van der Waals surface area contributed by atoms with E-state index in [2.05, 4.69) is 9.97 Å². The van der Waals surface area contributed by atoms with E-state index in [1.807, 2.05) is 13.8 Å². The van der Waals surface area contributed by atoms with E-state index >= 15 is 0 Å². The van der Waals surface area contributed by atoms with E-state index in [1.54, 1.807) is 11.8 Å². The zero-order valence-electron chi connectivity index (χ0n) is 11.2. The van der Waals surface area contributed by atoms with Crippen LogP contribution >= 0.6 is 0 Å². The van der Waals surface area contributed by atoms with E-state index < -0.39 is 18.1 Å². The lowest BCUT2D eigenvalue weighted by atomic mass is 10.2. The Morgan fingerprint density at radius 3 is 2.47 bits per heavy atom. The first-order chi connectivity index (χ1) is 9.04. The van der Waals surface area contributed by atoms with Crippen molar-refractivity contribution < 1.29 is 18.3 Å². The van der Waals surface area contributed by atoms with Crippen LogP contribution in [0.15, 0.2) is 6.20 Å². The van der Waals surface area contributed by atoms with Crippen molar-refractivity contribution in [1.82, 2.24) is 9.97 Å². The second-order valence-electron chi connectivity index (χ2n) is 3.66. The molecule has 0 amide bonds. The minimum atomic E-state index is -2.85. The first kappa shape index (κ1) is 15.3. The molecule has 1 aromatic rings. The maximum absolute atomic E-state index is 13.0. The second-order valence-corrected chi connectivity index (χ2v) is 3.66. The first-order valence-corrected chi connectivity index (χ1v) is 6.12. The normalized spacial score (nSPS) is 10.6. The Bertz CT molecular complexity index is 437. The van der Waals surface area contributed by atoms with Gasteiger partial charge in [-0.2, -0.15) is 0 Å². The van der Waals surface area contributed by atoms with E-state index in [9.17, 15) is 13.6 Å². The van der Waals surface area contributed by atoms with Crippen molar-refractivity contribution in [3.8, 4) is 0 Å². The molecule has 0 atom stereocenters. The molecule has 0 saturated carbocycles. The largest absolute Gasteiger partial charge is 0.462 e. The summed E-state index contributed by atoms with van der Waals surface area (Å²) < 4.78 is 30.6. The molecule has 0 saturated heterocycles. The Kier molecular flexibility index (Phi) is 5.59. The predicted octanol–water partition coefficient (Wildman–Crippen LogP) is 2.44. The van der Waals surface area contributed by atoms with Gasteiger partial charge in [0.15, 0.2) is 0 Å². The van der Waals surface area contributed by atoms with Crippen molar-refractivity contribution in [2.24, 2.45) is 0 Å². The molecule has 0 aliphatic rings. The van der Waals surface area contributed by atoms with Crippen LogP contribution in [0.4, 0.5) is 14.7 Å². The highest BCUT2D eigenvalue weighted by atomic mass is 19.3. The van der Waals surface area contributed by atoms with Crippen LogP contribution in [0.5, 0.6) is 0 Å². The maximum atomic E-state index is 13.0. The molecule has 0 N–H and O–H groups in total. The summed E-state index contributed by atoms with van der Waals surface area (Å²) in [6.45, 7) is 6.64. The van der Waals surface area contributed by atoms with Gasteiger partial charge in [0.2, 0.25) is 5.95 Å². The Morgan fingerprint density at radius 1 is 1.37 bits per heavy atom. The summed E-state index contributed by atoms with van der Waals surface area (Å²) in [6, 6.07) is 0. The minimum absolute atomic E-state index is 0.110. The minimum Gasteiger partial charge on any atom is -0.462 e. The molecule has 1 aromatic heterocycles. The molecular weight excluding hydrogens is 256 g/mol. The number of hydrogen-bond donors (Lipinski definition) is 0. The topological polar surface area (TPSA) is 55.3 Å². The fraction of sp³-hybridized carbons (Fsp3) is 0.583. The number of anilines is 1. The summed E-state index contributed by atoms with van der Waals surface area (Å²) in [5, 5.41) is 0. The van der Waals surface area contributed by atoms with Crippen molar-refractivity contribution in [1.29, 1.82) is 0 Å². The lowest BCUT2D eigenvalue weighted by Crippen LogP contribution is -2.25. The Hall–Kier alpha value is -1.79. The van der Waals surface area contributed by atoms with Gasteiger partial charge in [0.1, 0.15) is 11.3 Å². The van der Waals surface area contributed by atoms with Crippen molar-refractivity contribution in [3.05, 3.63) is 17.5 Å². The number of carbonyl (C=O) groups is 1. The monoisotopic (exact) mass is 273 g/mol. The second kappa shape index (κ2) is 6.96. The zero-order valence-corrected chi connectivity index (χ0v) is 11.2. The Labute approximate surface area is 110 Å². The first-order valence-electron chi connectivity index (χ1n) is 6.12. The Morgan fingerprint density at radius 2 is 2.00 bits per heavy atom. The summed E-state index contributed by atoms with van der Waals surface area (Å²) in [5.74, 6) is -0.641. The zero-order chi connectivity index (χ0) is 14.4. The van der Waals surface area contributed by atoms with Gasteiger partial charge in [-0.25, -0.2) is 23.5 Å². The van der Waals surface area contributed by atoms with Crippen LogP contribution in [-0.2, 0) is 4.74 Å². The number of alkyl halides is 2. The fourth-order valence-electron chi connectivity index (χ4n) is 1.58. The molecule has 1 rings (SSSR count). The summed E-state index contributed by atoms with van der Waals surface area (Å²) in [6.07, 6.45) is -1.75. The number of esters is 1. The van der Waals surface area contributed by atoms with Crippen molar-refractivity contribution in [3.63, 3.8) is 0 Å². The van der Waals surface area contributed by atoms with E-state index in [1.165, 1.54) is 0 Å². The molecule has 7 heteroatoms. The Balaban J connectivity index is 3.18. The van der Waals surface area contributed by atoms with Crippen LogP contribution in [0.3, 0.4) is 0 Å². The molecule has 106 valence electrons. The molecule has 0 unspecified atom stereocenters. The van der Waals surface area contributed by atoms with Gasteiger partial charge in [-0.15, -0.1) is 0 Å². The molecule has 0 spiro atoms. The quantitative estimate of drug-likeness (QED) is 0.745. The van der Waals surface area contributed by atoms with E-state index in [0.717, 1.165) is 6.20 Å². The number of aromatic nitrogens is 2. The maximum Gasteiger partial charge on any atom is 0.341 e. The highest BCUT2D eigenvalue weighted by Crippen LogP contribution is 2.23. The third kappa shape index (κ3) is 3.59. The average molecular weight is 273 g/mol. The lowest BCUT2D eigenvalue weighted by Gasteiger charge is -2.19. The number of hydrogen-bond acceptors (Lipinski definition) is 5. The predicted molar refractivity (Wildman–Crippen MR) is 66.5 cm³/mol. The van der Waals surface area contributed by atoms with E-state index in [0.29, 0.717) is 13.1 Å². The SMILES string of the molecule is CCOC(=O)c1cnc(N(CC)CC)nc1C(F)F. The number of carbonyl (C=O) groups excluding carboxylic acids is 1. The molecule has 0 aliphatic heterocycles. The van der Waals surface area contributed by atoms with Gasteiger partial charge in [0.05, 0.1) is 6.61 Å². The van der Waals surface area contributed by atoms with Crippen LogP contribution in [0.25, 0.3) is 0 Å². The van der Waals surface area contributed by atoms with Gasteiger partial charge in [-0.05, 0) is 20.8 Å². The van der Waals surface area contributed by atoms with Crippen molar-refractivity contribution >= 4 is 11.9 Å². The van der Waals surface area contributed by atoms with E-state index in [4.69, 9.17) is 4.74 Å². The highest BCUT2D eigenvalue weighted by Gasteiger charge is 2.23. The summed E-state index contributed by atoms with van der Waals surface area (Å²) >= 11 is 0. The third-order valence-electron chi connectivity index (χ3n) is 2.55. The van der Waals surface area contributed by atoms with Crippen LogP contribution in [0, 0.1) is 0 Å². The molecule has 1 heterocycles. The van der Waals surface area contributed by atoms with E-state index in [-0.39, 0.29) is 18.1 Å². The molecule has 0 aromatic carbocycles. The summed E-state index contributed by atoms with van der Waals surface area (Å²) in [5.41, 5.74) is -0.872. The smallest absolute Gasteiger partial charge is 0.341 e. The number of rotatable bonds is 6. The summed E-state index contributed by atoms with van der Waals surface area (Å²) in [7, 11) is 0. The molecule has 0 radical (unpaired) electrons. The van der Waals surface area contributed by atoms with Crippen LogP contribution in [0.1, 0.15) is 43.2 Å².